The lowest BCUT2D eigenvalue weighted by atomic mass is 9.86. The maximum Gasteiger partial charge on any atom is 0.248 e. The van der Waals surface area contributed by atoms with Crippen LogP contribution in [-0.2, 0) is 0 Å². The zero-order valence-corrected chi connectivity index (χ0v) is 9.64. The standard InChI is InChI=1S/C11H14F2N2S/c12-11(13)5-3-8(4-6-11)1-2-9-7-16-10(14)15-9/h1-2,7-8H,3-6H2,(H2,14,15)/b2-1+. The molecule has 2 N–H and O–H groups in total. The fourth-order valence-corrected chi connectivity index (χ4v) is 2.40. The summed E-state index contributed by atoms with van der Waals surface area (Å²) in [6.07, 6.45) is 4.97. The van der Waals surface area contributed by atoms with Gasteiger partial charge in [-0.05, 0) is 24.8 Å². The van der Waals surface area contributed by atoms with Gasteiger partial charge in [-0.3, -0.25) is 0 Å². The summed E-state index contributed by atoms with van der Waals surface area (Å²) in [5, 5.41) is 2.40. The number of anilines is 1. The third kappa shape index (κ3) is 3.01. The van der Waals surface area contributed by atoms with Crippen molar-refractivity contribution in [2.45, 2.75) is 31.6 Å². The van der Waals surface area contributed by atoms with Crippen molar-refractivity contribution in [2.75, 3.05) is 5.73 Å². The fourth-order valence-electron chi connectivity index (χ4n) is 1.87. The summed E-state index contributed by atoms with van der Waals surface area (Å²) >= 11 is 1.39. The quantitative estimate of drug-likeness (QED) is 0.863. The van der Waals surface area contributed by atoms with E-state index in [9.17, 15) is 8.78 Å². The number of nitrogens with zero attached hydrogens (tertiary/aromatic N) is 1. The number of alkyl halides is 2. The Morgan fingerprint density at radius 3 is 2.69 bits per heavy atom. The summed E-state index contributed by atoms with van der Waals surface area (Å²) in [6.45, 7) is 0. The van der Waals surface area contributed by atoms with Gasteiger partial charge in [0.15, 0.2) is 5.13 Å². The van der Waals surface area contributed by atoms with Crippen molar-refractivity contribution >= 4 is 22.5 Å². The maximum atomic E-state index is 12.9. The summed E-state index contributed by atoms with van der Waals surface area (Å²) in [4.78, 5) is 4.09. The molecule has 5 heteroatoms. The van der Waals surface area contributed by atoms with Gasteiger partial charge < -0.3 is 5.73 Å². The molecule has 1 aliphatic carbocycles. The van der Waals surface area contributed by atoms with Crippen molar-refractivity contribution < 1.29 is 8.78 Å². The van der Waals surface area contributed by atoms with Crippen LogP contribution in [0, 0.1) is 5.92 Å². The zero-order valence-electron chi connectivity index (χ0n) is 8.83. The highest BCUT2D eigenvalue weighted by atomic mass is 32.1. The van der Waals surface area contributed by atoms with Gasteiger partial charge in [0.25, 0.3) is 0 Å². The average molecular weight is 244 g/mol. The Bertz CT molecular complexity index is 377. The molecular weight excluding hydrogens is 230 g/mol. The monoisotopic (exact) mass is 244 g/mol. The molecule has 1 fully saturated rings. The predicted octanol–water partition coefficient (Wildman–Crippen LogP) is 3.56. The number of hydrogen-bond donors (Lipinski definition) is 1. The Balaban J connectivity index is 1.89. The molecule has 2 nitrogen and oxygen atoms in total. The second kappa shape index (κ2) is 4.49. The van der Waals surface area contributed by atoms with Gasteiger partial charge >= 0.3 is 0 Å². The molecule has 0 bridgehead atoms. The van der Waals surface area contributed by atoms with Crippen LogP contribution in [0.2, 0.25) is 0 Å². The first-order chi connectivity index (χ1) is 7.55. The van der Waals surface area contributed by atoms with E-state index in [4.69, 9.17) is 5.73 Å². The second-order valence-electron chi connectivity index (χ2n) is 4.16. The van der Waals surface area contributed by atoms with Crippen LogP contribution in [0.4, 0.5) is 13.9 Å². The molecule has 0 aliphatic heterocycles. The predicted molar refractivity (Wildman–Crippen MR) is 62.5 cm³/mol. The van der Waals surface area contributed by atoms with Crippen molar-refractivity contribution in [2.24, 2.45) is 5.92 Å². The van der Waals surface area contributed by atoms with E-state index in [1.54, 1.807) is 0 Å². The van der Waals surface area contributed by atoms with E-state index < -0.39 is 5.92 Å². The van der Waals surface area contributed by atoms with Gasteiger partial charge in [0.05, 0.1) is 5.69 Å². The van der Waals surface area contributed by atoms with Gasteiger partial charge in [-0.15, -0.1) is 11.3 Å². The molecule has 0 atom stereocenters. The maximum absolute atomic E-state index is 12.9. The summed E-state index contributed by atoms with van der Waals surface area (Å²) < 4.78 is 25.8. The number of aromatic nitrogens is 1. The smallest absolute Gasteiger partial charge is 0.248 e. The Morgan fingerprint density at radius 1 is 1.44 bits per heavy atom. The summed E-state index contributed by atoms with van der Waals surface area (Å²) in [5.41, 5.74) is 6.32. The largest absolute Gasteiger partial charge is 0.375 e. The molecule has 2 rings (SSSR count). The van der Waals surface area contributed by atoms with E-state index >= 15 is 0 Å². The first kappa shape index (κ1) is 11.5. The van der Waals surface area contributed by atoms with Crippen LogP contribution in [-0.4, -0.2) is 10.9 Å². The lowest BCUT2D eigenvalue weighted by molar-refractivity contribution is -0.0410. The molecule has 0 spiro atoms. The molecule has 88 valence electrons. The molecule has 1 saturated carbocycles. The third-order valence-corrected chi connectivity index (χ3v) is 3.53. The van der Waals surface area contributed by atoms with Crippen LogP contribution >= 0.6 is 11.3 Å². The summed E-state index contributed by atoms with van der Waals surface area (Å²) in [7, 11) is 0. The Morgan fingerprint density at radius 2 is 2.12 bits per heavy atom. The highest BCUT2D eigenvalue weighted by molar-refractivity contribution is 7.13. The molecule has 0 aromatic carbocycles. The van der Waals surface area contributed by atoms with Crippen LogP contribution in [0.3, 0.4) is 0 Å². The van der Waals surface area contributed by atoms with E-state index in [0.717, 1.165) is 5.69 Å². The molecule has 1 aliphatic rings. The number of rotatable bonds is 2. The first-order valence-electron chi connectivity index (χ1n) is 5.32. The Kier molecular flexibility index (Phi) is 3.23. The van der Waals surface area contributed by atoms with Crippen LogP contribution in [0.15, 0.2) is 11.5 Å². The van der Waals surface area contributed by atoms with Crippen molar-refractivity contribution in [1.29, 1.82) is 0 Å². The molecule has 1 aromatic heterocycles. The van der Waals surface area contributed by atoms with E-state index in [2.05, 4.69) is 4.98 Å². The Hall–Kier alpha value is -0.970. The fraction of sp³-hybridized carbons (Fsp3) is 0.545. The highest BCUT2D eigenvalue weighted by Crippen LogP contribution is 2.36. The summed E-state index contributed by atoms with van der Waals surface area (Å²) in [5.74, 6) is -2.20. The highest BCUT2D eigenvalue weighted by Gasteiger charge is 2.33. The first-order valence-corrected chi connectivity index (χ1v) is 6.20. The van der Waals surface area contributed by atoms with Crippen LogP contribution in [0.5, 0.6) is 0 Å². The molecule has 1 aromatic rings. The van der Waals surface area contributed by atoms with Crippen molar-refractivity contribution in [3.8, 4) is 0 Å². The van der Waals surface area contributed by atoms with E-state index in [0.29, 0.717) is 18.0 Å². The average Bonchev–Trinajstić information content (AvgIpc) is 2.63. The third-order valence-electron chi connectivity index (χ3n) is 2.84. The van der Waals surface area contributed by atoms with Gasteiger partial charge in [-0.2, -0.15) is 0 Å². The normalized spacial score (nSPS) is 21.6. The van der Waals surface area contributed by atoms with Gasteiger partial charge in [-0.1, -0.05) is 6.08 Å². The Labute approximate surface area is 97.2 Å². The van der Waals surface area contributed by atoms with Crippen molar-refractivity contribution in [3.63, 3.8) is 0 Å². The number of thiazole rings is 1. The van der Waals surface area contributed by atoms with E-state index in [1.807, 2.05) is 17.5 Å². The molecule has 1 heterocycles. The number of nitrogens with two attached hydrogens (primary N) is 1. The van der Waals surface area contributed by atoms with Crippen LogP contribution < -0.4 is 5.73 Å². The van der Waals surface area contributed by atoms with Crippen LogP contribution in [0.1, 0.15) is 31.4 Å². The topological polar surface area (TPSA) is 38.9 Å². The second-order valence-corrected chi connectivity index (χ2v) is 5.05. The van der Waals surface area contributed by atoms with Crippen molar-refractivity contribution in [1.82, 2.24) is 4.98 Å². The zero-order chi connectivity index (χ0) is 11.6. The molecule has 0 radical (unpaired) electrons. The molecule has 0 unspecified atom stereocenters. The SMILES string of the molecule is Nc1nc(/C=C/C2CCC(F)(F)CC2)cs1. The van der Waals surface area contributed by atoms with Crippen LogP contribution in [0.25, 0.3) is 6.08 Å². The number of halogens is 2. The van der Waals surface area contributed by atoms with Gasteiger partial charge in [0, 0.05) is 18.2 Å². The molecular formula is C11H14F2N2S. The van der Waals surface area contributed by atoms with Gasteiger partial charge in [-0.25, -0.2) is 13.8 Å². The van der Waals surface area contributed by atoms with E-state index in [-0.39, 0.29) is 18.8 Å². The van der Waals surface area contributed by atoms with E-state index in [1.165, 1.54) is 11.3 Å². The molecule has 0 amide bonds. The summed E-state index contributed by atoms with van der Waals surface area (Å²) in [6, 6.07) is 0. The minimum atomic E-state index is -2.45. The number of nitrogen functional groups attached to an aromatic ring is 1. The number of allylic oxidation sites excluding steroid dienone is 1. The lowest BCUT2D eigenvalue weighted by Gasteiger charge is -2.26. The number of hydrogen-bond acceptors (Lipinski definition) is 3. The van der Waals surface area contributed by atoms with Crippen molar-refractivity contribution in [3.05, 3.63) is 17.2 Å². The van der Waals surface area contributed by atoms with Gasteiger partial charge in [0.2, 0.25) is 5.92 Å². The van der Waals surface area contributed by atoms with Gasteiger partial charge in [0.1, 0.15) is 0 Å². The molecule has 0 saturated heterocycles. The molecule has 16 heavy (non-hydrogen) atoms. The minimum absolute atomic E-state index is 0.00120. The lowest BCUT2D eigenvalue weighted by Crippen LogP contribution is -2.23. The minimum Gasteiger partial charge on any atom is -0.375 e.